The molecule has 0 aromatic heterocycles. The maximum absolute atomic E-state index is 12.9. The molecule has 1 aliphatic carbocycles. The van der Waals surface area contributed by atoms with Crippen LogP contribution in [0.3, 0.4) is 0 Å². The minimum Gasteiger partial charge on any atom is -0.376 e. The molecule has 2 fully saturated rings. The summed E-state index contributed by atoms with van der Waals surface area (Å²) in [5, 5.41) is 3.17. The number of benzene rings is 1. The van der Waals surface area contributed by atoms with E-state index in [4.69, 9.17) is 0 Å². The van der Waals surface area contributed by atoms with Gasteiger partial charge in [-0.05, 0) is 43.5 Å². The fourth-order valence-corrected chi connectivity index (χ4v) is 5.87. The number of carbonyl (C=O) groups is 1. The molecule has 1 aromatic rings. The van der Waals surface area contributed by atoms with Gasteiger partial charge >= 0.3 is 0 Å². The van der Waals surface area contributed by atoms with Crippen molar-refractivity contribution >= 4 is 37.4 Å². The van der Waals surface area contributed by atoms with Crippen LogP contribution < -0.4 is 5.32 Å². The number of carbonyl (C=O) groups excluding carboxylic acids is 1. The first-order valence-electron chi connectivity index (χ1n) is 8.96. The van der Waals surface area contributed by atoms with Gasteiger partial charge in [-0.1, -0.05) is 35.2 Å². The average Bonchev–Trinajstić information content (AvgIpc) is 2.95. The number of hydrogen-bond donors (Lipinski definition) is 1. The second-order valence-corrected chi connectivity index (χ2v) is 10.2. The van der Waals surface area contributed by atoms with E-state index in [0.717, 1.165) is 35.8 Å². The molecule has 0 radical (unpaired) electrons. The summed E-state index contributed by atoms with van der Waals surface area (Å²) in [5.41, 5.74) is 0.888. The largest absolute Gasteiger partial charge is 0.376 e. The van der Waals surface area contributed by atoms with Gasteiger partial charge in [-0.25, -0.2) is 8.42 Å². The number of amides is 1. The van der Waals surface area contributed by atoms with Crippen LogP contribution in [0.25, 0.3) is 0 Å². The Bertz CT molecular complexity index is 700. The topological polar surface area (TPSA) is 66.5 Å². The summed E-state index contributed by atoms with van der Waals surface area (Å²) in [6, 6.07) is 7.72. The molecule has 1 amide bonds. The van der Waals surface area contributed by atoms with Crippen LogP contribution in [0.2, 0.25) is 0 Å². The van der Waals surface area contributed by atoms with Gasteiger partial charge in [0.25, 0.3) is 0 Å². The third-order valence-corrected chi connectivity index (χ3v) is 7.42. The summed E-state index contributed by atoms with van der Waals surface area (Å²) in [5.74, 6) is 0.332. The summed E-state index contributed by atoms with van der Waals surface area (Å²) >= 11 is 3.40. The Morgan fingerprint density at radius 1 is 1.08 bits per heavy atom. The van der Waals surface area contributed by atoms with Crippen molar-refractivity contribution < 1.29 is 13.2 Å². The molecule has 1 atom stereocenters. The molecule has 0 unspecified atom stereocenters. The molecule has 1 saturated carbocycles. The lowest BCUT2D eigenvalue weighted by Crippen LogP contribution is -2.50. The summed E-state index contributed by atoms with van der Waals surface area (Å²) in [6.45, 7) is 0.203. The van der Waals surface area contributed by atoms with Crippen molar-refractivity contribution in [2.24, 2.45) is 0 Å². The number of hydrogen-bond acceptors (Lipinski definition) is 4. The van der Waals surface area contributed by atoms with E-state index in [9.17, 15) is 13.2 Å². The second-order valence-electron chi connectivity index (χ2n) is 7.01. The van der Waals surface area contributed by atoms with Crippen LogP contribution in [0.15, 0.2) is 28.7 Å². The quantitative estimate of drug-likeness (QED) is 0.781. The summed E-state index contributed by atoms with van der Waals surface area (Å²) < 4.78 is 24.8. The molecule has 5 nitrogen and oxygen atoms in total. The summed E-state index contributed by atoms with van der Waals surface area (Å²) in [7, 11) is -3.00. The van der Waals surface area contributed by atoms with E-state index in [2.05, 4.69) is 21.2 Å². The molecule has 0 bridgehead atoms. The SMILES string of the molecule is O=C(CNc1ccc(Br)cc1)N(C1CCCCC1)[C@@H]1CCS(=O)(=O)C1. The van der Waals surface area contributed by atoms with Gasteiger partial charge in [-0.15, -0.1) is 0 Å². The Labute approximate surface area is 158 Å². The fraction of sp³-hybridized carbons (Fsp3) is 0.611. The van der Waals surface area contributed by atoms with Crippen molar-refractivity contribution in [1.29, 1.82) is 0 Å². The Hall–Kier alpha value is -1.08. The first-order valence-corrected chi connectivity index (χ1v) is 11.6. The zero-order chi connectivity index (χ0) is 17.9. The molecule has 3 rings (SSSR count). The normalized spacial score (nSPS) is 23.3. The van der Waals surface area contributed by atoms with E-state index in [1.165, 1.54) is 6.42 Å². The molecule has 1 aromatic carbocycles. The zero-order valence-corrected chi connectivity index (χ0v) is 16.7. The molecular weight excluding hydrogens is 404 g/mol. The van der Waals surface area contributed by atoms with E-state index in [-0.39, 0.29) is 36.0 Å². The van der Waals surface area contributed by atoms with Crippen LogP contribution >= 0.6 is 15.9 Å². The summed E-state index contributed by atoms with van der Waals surface area (Å²) in [6.07, 6.45) is 5.99. The fourth-order valence-electron chi connectivity index (χ4n) is 3.90. The lowest BCUT2D eigenvalue weighted by Gasteiger charge is -2.38. The van der Waals surface area contributed by atoms with Gasteiger partial charge in [-0.2, -0.15) is 0 Å². The van der Waals surface area contributed by atoms with Crippen LogP contribution in [-0.2, 0) is 14.6 Å². The van der Waals surface area contributed by atoms with Crippen molar-refractivity contribution in [2.45, 2.75) is 50.6 Å². The minimum absolute atomic E-state index is 0.0110. The molecule has 138 valence electrons. The molecule has 7 heteroatoms. The maximum Gasteiger partial charge on any atom is 0.242 e. The van der Waals surface area contributed by atoms with Crippen molar-refractivity contribution in [2.75, 3.05) is 23.4 Å². The number of nitrogens with one attached hydrogen (secondary N) is 1. The highest BCUT2D eigenvalue weighted by Crippen LogP contribution is 2.28. The smallest absolute Gasteiger partial charge is 0.242 e. The molecule has 0 spiro atoms. The van der Waals surface area contributed by atoms with Crippen molar-refractivity contribution in [1.82, 2.24) is 4.90 Å². The minimum atomic E-state index is -3.00. The number of sulfone groups is 1. The lowest BCUT2D eigenvalue weighted by molar-refractivity contribution is -0.134. The number of nitrogens with zero attached hydrogens (tertiary/aromatic N) is 1. The summed E-state index contributed by atoms with van der Waals surface area (Å²) in [4.78, 5) is 14.8. The number of rotatable bonds is 5. The highest BCUT2D eigenvalue weighted by atomic mass is 79.9. The van der Waals surface area contributed by atoms with Gasteiger partial charge in [-0.3, -0.25) is 4.79 Å². The molecule has 25 heavy (non-hydrogen) atoms. The van der Waals surface area contributed by atoms with Crippen molar-refractivity contribution in [3.05, 3.63) is 28.7 Å². The Balaban J connectivity index is 1.69. The monoisotopic (exact) mass is 428 g/mol. The predicted molar refractivity (Wildman–Crippen MR) is 103 cm³/mol. The first kappa shape index (κ1) is 18.7. The van der Waals surface area contributed by atoms with Crippen LogP contribution in [0.1, 0.15) is 38.5 Å². The second kappa shape index (κ2) is 8.08. The first-order chi connectivity index (χ1) is 11.9. The predicted octanol–water partition coefficient (Wildman–Crippen LogP) is 3.21. The Morgan fingerprint density at radius 3 is 2.36 bits per heavy atom. The van der Waals surface area contributed by atoms with Crippen LogP contribution in [0.4, 0.5) is 5.69 Å². The molecule has 1 aliphatic heterocycles. The lowest BCUT2D eigenvalue weighted by atomic mass is 9.93. The molecular formula is C18H25BrN2O3S. The standard InChI is InChI=1S/C18H25BrN2O3S/c19-14-6-8-15(9-7-14)20-12-18(22)21(16-4-2-1-3-5-16)17-10-11-25(23,24)13-17/h6-9,16-17,20H,1-5,10-13H2/t17-/m1/s1. The Kier molecular flexibility index (Phi) is 6.04. The van der Waals surface area contributed by atoms with Crippen LogP contribution in [0, 0.1) is 0 Å². The van der Waals surface area contributed by atoms with E-state index in [0.29, 0.717) is 6.42 Å². The van der Waals surface area contributed by atoms with Gasteiger partial charge in [0.05, 0.1) is 18.1 Å². The van der Waals surface area contributed by atoms with E-state index < -0.39 is 9.84 Å². The molecule has 2 aliphatic rings. The van der Waals surface area contributed by atoms with Crippen LogP contribution in [-0.4, -0.2) is 49.4 Å². The Morgan fingerprint density at radius 2 is 1.76 bits per heavy atom. The van der Waals surface area contributed by atoms with Crippen molar-refractivity contribution in [3.63, 3.8) is 0 Å². The van der Waals surface area contributed by atoms with Gasteiger partial charge in [0.15, 0.2) is 9.84 Å². The maximum atomic E-state index is 12.9. The van der Waals surface area contributed by atoms with E-state index in [1.807, 2.05) is 29.2 Å². The van der Waals surface area contributed by atoms with Gasteiger partial charge in [0.2, 0.25) is 5.91 Å². The highest BCUT2D eigenvalue weighted by molar-refractivity contribution is 9.10. The van der Waals surface area contributed by atoms with Gasteiger partial charge < -0.3 is 10.2 Å². The highest BCUT2D eigenvalue weighted by Gasteiger charge is 2.38. The van der Waals surface area contributed by atoms with E-state index >= 15 is 0 Å². The van der Waals surface area contributed by atoms with Gasteiger partial charge in [0.1, 0.15) is 0 Å². The van der Waals surface area contributed by atoms with Crippen LogP contribution in [0.5, 0.6) is 0 Å². The molecule has 1 heterocycles. The zero-order valence-electron chi connectivity index (χ0n) is 14.3. The third-order valence-electron chi connectivity index (χ3n) is 5.15. The number of anilines is 1. The molecule has 1 N–H and O–H groups in total. The van der Waals surface area contributed by atoms with E-state index in [1.54, 1.807) is 0 Å². The number of halogens is 1. The third kappa shape index (κ3) is 4.97. The van der Waals surface area contributed by atoms with Gasteiger partial charge in [0, 0.05) is 22.2 Å². The molecule has 1 saturated heterocycles. The average molecular weight is 429 g/mol. The van der Waals surface area contributed by atoms with Crippen molar-refractivity contribution in [3.8, 4) is 0 Å².